The van der Waals surface area contributed by atoms with E-state index in [1.54, 1.807) is 11.8 Å². The van der Waals surface area contributed by atoms with E-state index in [-0.39, 0.29) is 5.56 Å². The highest BCUT2D eigenvalue weighted by Crippen LogP contribution is 2.36. The van der Waals surface area contributed by atoms with E-state index in [4.69, 9.17) is 0 Å². The third-order valence-corrected chi connectivity index (χ3v) is 4.68. The van der Waals surface area contributed by atoms with E-state index in [9.17, 15) is 10.1 Å². The molecule has 0 spiro atoms. The van der Waals surface area contributed by atoms with Crippen LogP contribution >= 0.6 is 11.8 Å². The third-order valence-electron chi connectivity index (χ3n) is 3.52. The van der Waals surface area contributed by atoms with Crippen molar-refractivity contribution in [3.63, 3.8) is 0 Å². The van der Waals surface area contributed by atoms with Gasteiger partial charge in [0.1, 0.15) is 5.54 Å². The zero-order chi connectivity index (χ0) is 13.9. The Morgan fingerprint density at radius 2 is 2.47 bits per heavy atom. The van der Waals surface area contributed by atoms with Gasteiger partial charge in [-0.1, -0.05) is 11.8 Å². The Morgan fingerprint density at radius 1 is 1.68 bits per heavy atom. The molecule has 6 heteroatoms. The van der Waals surface area contributed by atoms with Gasteiger partial charge in [-0.25, -0.2) is 4.98 Å². The van der Waals surface area contributed by atoms with Crippen LogP contribution in [0.1, 0.15) is 31.4 Å². The molecule has 0 amide bonds. The molecule has 0 aliphatic heterocycles. The van der Waals surface area contributed by atoms with Crippen LogP contribution in [0.15, 0.2) is 16.0 Å². The van der Waals surface area contributed by atoms with Gasteiger partial charge in [0.05, 0.1) is 6.07 Å². The highest BCUT2D eigenvalue weighted by Gasteiger charge is 2.35. The molecule has 1 saturated carbocycles. The van der Waals surface area contributed by atoms with Crippen LogP contribution in [0.5, 0.6) is 0 Å². The Labute approximate surface area is 116 Å². The van der Waals surface area contributed by atoms with Gasteiger partial charge in [0.15, 0.2) is 5.16 Å². The molecule has 1 heterocycles. The lowest BCUT2D eigenvalue weighted by Gasteiger charge is -2.34. The van der Waals surface area contributed by atoms with Crippen molar-refractivity contribution >= 4 is 11.8 Å². The largest absolute Gasteiger partial charge is 0.302 e. The van der Waals surface area contributed by atoms with Crippen LogP contribution < -0.4 is 10.9 Å². The van der Waals surface area contributed by atoms with Crippen LogP contribution in [0.4, 0.5) is 0 Å². The number of nitrogens with zero attached hydrogens (tertiary/aromatic N) is 2. The summed E-state index contributed by atoms with van der Waals surface area (Å²) in [5.41, 5.74) is 0.174. The number of rotatable bonds is 3. The van der Waals surface area contributed by atoms with E-state index in [1.807, 2.05) is 14.0 Å². The maximum absolute atomic E-state index is 11.4. The van der Waals surface area contributed by atoms with Crippen LogP contribution in [0.3, 0.4) is 0 Å². The number of H-pyrrole nitrogens is 1. The van der Waals surface area contributed by atoms with Gasteiger partial charge in [-0.15, -0.1) is 0 Å². The normalized spacial score (nSPS) is 26.9. The molecule has 0 radical (unpaired) electrons. The first-order chi connectivity index (χ1) is 9.07. The predicted octanol–water partition coefficient (Wildman–Crippen LogP) is 1.59. The highest BCUT2D eigenvalue weighted by atomic mass is 32.2. The van der Waals surface area contributed by atoms with E-state index < -0.39 is 5.54 Å². The van der Waals surface area contributed by atoms with E-state index in [0.717, 1.165) is 31.4 Å². The highest BCUT2D eigenvalue weighted by molar-refractivity contribution is 7.99. The lowest BCUT2D eigenvalue weighted by atomic mass is 9.83. The first kappa shape index (κ1) is 14.1. The van der Waals surface area contributed by atoms with Gasteiger partial charge in [-0.3, -0.25) is 4.79 Å². The van der Waals surface area contributed by atoms with Crippen LogP contribution in [0.25, 0.3) is 0 Å². The van der Waals surface area contributed by atoms with E-state index in [0.29, 0.717) is 10.4 Å². The summed E-state index contributed by atoms with van der Waals surface area (Å²) >= 11 is 1.57. The molecule has 0 saturated heterocycles. The minimum absolute atomic E-state index is 0.119. The minimum atomic E-state index is -0.431. The number of hydrogen-bond acceptors (Lipinski definition) is 5. The van der Waals surface area contributed by atoms with E-state index >= 15 is 0 Å². The Morgan fingerprint density at radius 3 is 3.11 bits per heavy atom. The fourth-order valence-corrected chi connectivity index (χ4v) is 3.80. The second-order valence-electron chi connectivity index (χ2n) is 4.97. The maximum Gasteiger partial charge on any atom is 0.251 e. The molecule has 1 fully saturated rings. The monoisotopic (exact) mass is 278 g/mol. The van der Waals surface area contributed by atoms with Gasteiger partial charge in [-0.2, -0.15) is 5.26 Å². The summed E-state index contributed by atoms with van der Waals surface area (Å²) in [6.45, 7) is 1.81. The number of thioether (sulfide) groups is 1. The van der Waals surface area contributed by atoms with Crippen molar-refractivity contribution in [2.75, 3.05) is 7.05 Å². The van der Waals surface area contributed by atoms with Gasteiger partial charge in [0.25, 0.3) is 5.56 Å². The van der Waals surface area contributed by atoms with Crippen molar-refractivity contribution < 1.29 is 0 Å². The molecule has 2 atom stereocenters. The molecule has 1 aliphatic carbocycles. The first-order valence-electron chi connectivity index (χ1n) is 6.42. The quantitative estimate of drug-likeness (QED) is 0.821. The van der Waals surface area contributed by atoms with Crippen LogP contribution in [-0.2, 0) is 0 Å². The standard InChI is InChI=1S/C13H18N4OS/c1-9-6-11(18)17-12(16-9)19-10-4-3-5-13(7-10,8-14)15-2/h6,10,15H,3-5,7H2,1-2H3,(H,16,17,18). The van der Waals surface area contributed by atoms with Gasteiger partial charge in [-0.05, 0) is 39.7 Å². The number of hydrogen-bond donors (Lipinski definition) is 2. The molecule has 2 unspecified atom stereocenters. The molecule has 0 bridgehead atoms. The predicted molar refractivity (Wildman–Crippen MR) is 75.1 cm³/mol. The molecule has 1 aromatic heterocycles. The molecular weight excluding hydrogens is 260 g/mol. The van der Waals surface area contributed by atoms with Crippen molar-refractivity contribution in [3.05, 3.63) is 22.1 Å². The Bertz CT molecular complexity index is 550. The summed E-state index contributed by atoms with van der Waals surface area (Å²) in [6.07, 6.45) is 3.73. The Balaban J connectivity index is 2.11. The van der Waals surface area contributed by atoms with E-state index in [1.165, 1.54) is 6.07 Å². The lowest BCUT2D eigenvalue weighted by molar-refractivity contribution is 0.323. The number of nitriles is 1. The number of aromatic nitrogens is 2. The zero-order valence-electron chi connectivity index (χ0n) is 11.2. The fraction of sp³-hybridized carbons (Fsp3) is 0.615. The summed E-state index contributed by atoms with van der Waals surface area (Å²) in [4.78, 5) is 18.5. The Kier molecular flexibility index (Phi) is 4.27. The summed E-state index contributed by atoms with van der Waals surface area (Å²) in [6, 6.07) is 3.87. The molecular formula is C13H18N4OS. The molecule has 2 N–H and O–H groups in total. The van der Waals surface area contributed by atoms with Crippen LogP contribution in [0, 0.1) is 18.3 Å². The number of aromatic amines is 1. The molecule has 1 aliphatic rings. The summed E-state index contributed by atoms with van der Waals surface area (Å²) in [5, 5.41) is 13.4. The summed E-state index contributed by atoms with van der Waals surface area (Å²) in [5.74, 6) is 0. The maximum atomic E-state index is 11.4. The summed E-state index contributed by atoms with van der Waals surface area (Å²) < 4.78 is 0. The van der Waals surface area contributed by atoms with Crippen molar-refractivity contribution in [3.8, 4) is 6.07 Å². The molecule has 102 valence electrons. The average Bonchev–Trinajstić information content (AvgIpc) is 2.37. The van der Waals surface area contributed by atoms with Crippen molar-refractivity contribution in [2.24, 2.45) is 0 Å². The van der Waals surface area contributed by atoms with E-state index in [2.05, 4.69) is 21.4 Å². The smallest absolute Gasteiger partial charge is 0.251 e. The molecule has 19 heavy (non-hydrogen) atoms. The molecule has 2 rings (SSSR count). The second-order valence-corrected chi connectivity index (χ2v) is 6.26. The zero-order valence-corrected chi connectivity index (χ0v) is 12.0. The second kappa shape index (κ2) is 5.76. The minimum Gasteiger partial charge on any atom is -0.302 e. The van der Waals surface area contributed by atoms with Gasteiger partial charge >= 0.3 is 0 Å². The summed E-state index contributed by atoms with van der Waals surface area (Å²) in [7, 11) is 1.84. The number of nitrogens with one attached hydrogen (secondary N) is 2. The first-order valence-corrected chi connectivity index (χ1v) is 7.30. The van der Waals surface area contributed by atoms with Crippen molar-refractivity contribution in [1.29, 1.82) is 5.26 Å². The lowest BCUT2D eigenvalue weighted by Crippen LogP contribution is -2.46. The van der Waals surface area contributed by atoms with Crippen molar-refractivity contribution in [1.82, 2.24) is 15.3 Å². The van der Waals surface area contributed by atoms with Gasteiger partial charge < -0.3 is 10.3 Å². The molecule has 0 aromatic carbocycles. The van der Waals surface area contributed by atoms with Crippen LogP contribution in [-0.4, -0.2) is 27.8 Å². The number of aryl methyl sites for hydroxylation is 1. The fourth-order valence-electron chi connectivity index (χ4n) is 2.47. The van der Waals surface area contributed by atoms with Crippen molar-refractivity contribution in [2.45, 2.75) is 48.6 Å². The van der Waals surface area contributed by atoms with Gasteiger partial charge in [0.2, 0.25) is 0 Å². The third kappa shape index (κ3) is 3.37. The average molecular weight is 278 g/mol. The SMILES string of the molecule is CNC1(C#N)CCCC(Sc2nc(C)cc(=O)[nH]2)C1. The van der Waals surface area contributed by atoms with Crippen LogP contribution in [0.2, 0.25) is 0 Å². The topological polar surface area (TPSA) is 81.6 Å². The molecule has 5 nitrogen and oxygen atoms in total. The molecule has 1 aromatic rings. The van der Waals surface area contributed by atoms with Gasteiger partial charge in [0, 0.05) is 17.0 Å². The Hall–Kier alpha value is -1.32.